The number of amides is 9. The first-order chi connectivity index (χ1) is 51.8. The molecule has 1 saturated carbocycles. The average molecular weight is 1500 g/mol. The quantitative estimate of drug-likeness (QED) is 0.0143. The number of para-hydroxylation sites is 1. The molecule has 4 unspecified atom stereocenters. The number of alkyl carbamates (subject to hydrolysis) is 1. The lowest BCUT2D eigenvalue weighted by Gasteiger charge is -2.32. The van der Waals surface area contributed by atoms with Crippen molar-refractivity contribution in [3.63, 3.8) is 0 Å². The van der Waals surface area contributed by atoms with Gasteiger partial charge in [-0.3, -0.25) is 58.3 Å². The van der Waals surface area contributed by atoms with Crippen LogP contribution < -0.4 is 42.2 Å². The minimum absolute atomic E-state index is 0.00158. The van der Waals surface area contributed by atoms with E-state index in [1.54, 1.807) is 4.90 Å². The summed E-state index contributed by atoms with van der Waals surface area (Å²) < 4.78 is 29.8. The van der Waals surface area contributed by atoms with Gasteiger partial charge in [-0.1, -0.05) is 99.6 Å². The molecule has 107 heavy (non-hydrogen) atoms. The molecular weight excluding hydrogens is 1390 g/mol. The highest BCUT2D eigenvalue weighted by molar-refractivity contribution is 8.00. The summed E-state index contributed by atoms with van der Waals surface area (Å²) >= 11 is 1.23. The summed E-state index contributed by atoms with van der Waals surface area (Å²) in [6, 6.07) is 22.4. The van der Waals surface area contributed by atoms with Crippen molar-refractivity contribution >= 4 is 88.6 Å². The average Bonchev–Trinajstić information content (AvgIpc) is 1.43. The van der Waals surface area contributed by atoms with E-state index in [4.69, 9.17) is 28.8 Å². The normalized spacial score (nSPS) is 16.5. The third-order valence-corrected chi connectivity index (χ3v) is 20.1. The molecule has 4 aromatic rings. The lowest BCUT2D eigenvalue weighted by molar-refractivity contribution is -0.139. The Morgan fingerprint density at radius 2 is 1.35 bits per heavy atom. The summed E-state index contributed by atoms with van der Waals surface area (Å²) in [4.78, 5) is 143. The van der Waals surface area contributed by atoms with E-state index >= 15 is 0 Å². The molecule has 1 saturated heterocycles. The molecule has 1 aliphatic carbocycles. The highest BCUT2D eigenvalue weighted by atomic mass is 32.2. The Bertz CT molecular complexity index is 3750. The van der Waals surface area contributed by atoms with E-state index in [1.165, 1.54) is 26.9 Å². The SMILES string of the molecule is CC1=C2CCC(OC(=O)NCCOCCC(=O)NCCC(=O)N3Cc4ccccc4-c4nnn(CC(=O)NCCOCCC(=O)C(C)C)c4-c4ccccc43)CCCC2C(c2ccc(CNC(=O)CCOCCNC(=O)CCCN3C(=O)CC(SCC(CC(=O)CCOCCC(C)C)NC=O)C3=O)cc2)=NN1. The van der Waals surface area contributed by atoms with Gasteiger partial charge in [0.25, 0.3) is 0 Å². The van der Waals surface area contributed by atoms with Gasteiger partial charge in [0, 0.05) is 138 Å². The van der Waals surface area contributed by atoms with Crippen molar-refractivity contribution in [2.75, 3.05) is 96.2 Å². The van der Waals surface area contributed by atoms with E-state index < -0.39 is 17.4 Å². The number of thioether (sulfide) groups is 1. The second-order valence-electron chi connectivity index (χ2n) is 27.6. The molecule has 3 aliphatic heterocycles. The highest BCUT2D eigenvalue weighted by Gasteiger charge is 2.39. The standard InChI is InChI=1S/C77H105N13O16S/c1-51(2)26-36-102-37-27-58(92)44-57(83-50-91)49-107-66-45-72(99)88(76(66)100)35-11-18-67(94)79-32-41-104-40-30-69(96)82-46-54-19-21-55(22-20-54)73-62-16-10-13-59(23-24-60(62)53(5)84-85-73)106-77(101)81-34-43-105-39-29-68(95)78-31-25-71(98)89-47-56-12-6-7-14-61(56)74-75(63-15-8-9-17-64(63)89)90(87-86-74)48-70(97)80-33-42-103-38-28-65(93)52(3)4/h6-9,12,14-15,17,19-22,50-52,57,59,62,66,84H,10-11,13,16,18,23-49H2,1-5H3,(H,78,95)(H,79,94)(H,80,97)(H,81,101)(H,82,96)(H,83,91). The molecule has 4 heterocycles. The summed E-state index contributed by atoms with van der Waals surface area (Å²) in [6.07, 6.45) is 5.37. The molecular formula is C77H105N13O16S. The molecule has 0 radical (unpaired) electrons. The largest absolute Gasteiger partial charge is 0.446 e. The van der Waals surface area contributed by atoms with Crippen LogP contribution in [0.3, 0.4) is 0 Å². The number of aromatic nitrogens is 3. The van der Waals surface area contributed by atoms with E-state index in [1.807, 2.05) is 93.6 Å². The predicted molar refractivity (Wildman–Crippen MR) is 402 cm³/mol. The Morgan fingerprint density at radius 3 is 2.07 bits per heavy atom. The number of carbonyl (C=O) groups is 11. The number of nitrogens with one attached hydrogen (secondary N) is 7. The number of benzene rings is 3. The number of ether oxygens (including phenoxy) is 5. The first-order valence-electron chi connectivity index (χ1n) is 37.3. The fourth-order valence-electron chi connectivity index (χ4n) is 12.8. The zero-order valence-electron chi connectivity index (χ0n) is 62.2. The summed E-state index contributed by atoms with van der Waals surface area (Å²) in [6.45, 7) is 13.1. The Hall–Kier alpha value is -9.23. The molecule has 3 aromatic carbocycles. The molecule has 7 N–H and O–H groups in total. The third-order valence-electron chi connectivity index (χ3n) is 18.8. The zero-order chi connectivity index (χ0) is 76.5. The van der Waals surface area contributed by atoms with Crippen molar-refractivity contribution in [2.24, 2.45) is 22.9 Å². The number of hydrogen-bond acceptors (Lipinski definition) is 21. The first kappa shape index (κ1) is 83.4. The van der Waals surface area contributed by atoms with Gasteiger partial charge in [0.1, 0.15) is 29.9 Å². The van der Waals surface area contributed by atoms with Gasteiger partial charge in [-0.05, 0) is 86.1 Å². The second kappa shape index (κ2) is 44.2. The van der Waals surface area contributed by atoms with Gasteiger partial charge in [-0.25, -0.2) is 9.48 Å². The van der Waals surface area contributed by atoms with Gasteiger partial charge in [-0.2, -0.15) is 5.10 Å². The van der Waals surface area contributed by atoms with Crippen LogP contribution in [-0.2, 0) is 91.3 Å². The Kier molecular flexibility index (Phi) is 34.4. The highest BCUT2D eigenvalue weighted by Crippen LogP contribution is 2.42. The van der Waals surface area contributed by atoms with Crippen molar-refractivity contribution < 1.29 is 76.4 Å². The van der Waals surface area contributed by atoms with Crippen molar-refractivity contribution in [1.29, 1.82) is 0 Å². The summed E-state index contributed by atoms with van der Waals surface area (Å²) in [5.41, 5.74) is 12.2. The van der Waals surface area contributed by atoms with E-state index in [2.05, 4.69) is 61.5 Å². The van der Waals surface area contributed by atoms with Crippen LogP contribution in [0.2, 0.25) is 0 Å². The lowest BCUT2D eigenvalue weighted by atomic mass is 9.79. The number of allylic oxidation sites excluding steroid dienone is 2. The number of hydrogen-bond donors (Lipinski definition) is 7. The second-order valence-corrected chi connectivity index (χ2v) is 28.8. The smallest absolute Gasteiger partial charge is 0.407 e. The topological polar surface area (TPSA) is 368 Å². The molecule has 2 fully saturated rings. The lowest BCUT2D eigenvalue weighted by Crippen LogP contribution is -2.35. The van der Waals surface area contributed by atoms with Crippen LogP contribution in [0.25, 0.3) is 22.5 Å². The van der Waals surface area contributed by atoms with Crippen molar-refractivity contribution in [2.45, 2.75) is 168 Å². The van der Waals surface area contributed by atoms with Gasteiger partial charge in [0.2, 0.25) is 47.8 Å². The number of hydrazone groups is 1. The molecule has 9 amide bonds. The minimum atomic E-state index is -0.635. The Morgan fingerprint density at radius 1 is 0.692 bits per heavy atom. The van der Waals surface area contributed by atoms with Crippen LogP contribution in [0, 0.1) is 17.8 Å². The Balaban J connectivity index is 0.654. The molecule has 30 heteroatoms. The monoisotopic (exact) mass is 1500 g/mol. The maximum Gasteiger partial charge on any atom is 0.407 e. The number of nitrogens with zero attached hydrogens (tertiary/aromatic N) is 6. The number of imide groups is 1. The van der Waals surface area contributed by atoms with Crippen molar-refractivity contribution in [3.05, 3.63) is 101 Å². The number of Topliss-reactive ketones (excluding diaryl/α,β-unsaturated/α-hetero) is 2. The molecule has 8 rings (SSSR count). The first-order valence-corrected chi connectivity index (χ1v) is 38.4. The van der Waals surface area contributed by atoms with E-state index in [0.717, 1.165) is 52.9 Å². The van der Waals surface area contributed by atoms with Crippen LogP contribution in [0.5, 0.6) is 0 Å². The number of rotatable bonds is 45. The fraction of sp³-hybridized carbons (Fsp3) is 0.558. The van der Waals surface area contributed by atoms with Crippen LogP contribution in [0.1, 0.15) is 148 Å². The minimum Gasteiger partial charge on any atom is -0.446 e. The van der Waals surface area contributed by atoms with E-state index in [0.29, 0.717) is 80.4 Å². The van der Waals surface area contributed by atoms with Crippen LogP contribution in [0.15, 0.2) is 89.2 Å². The molecule has 29 nitrogen and oxygen atoms in total. The molecule has 580 valence electrons. The maximum atomic E-state index is 14.2. The molecule has 4 atom stereocenters. The van der Waals surface area contributed by atoms with Gasteiger partial charge >= 0.3 is 6.09 Å². The van der Waals surface area contributed by atoms with Crippen LogP contribution in [0.4, 0.5) is 10.5 Å². The number of likely N-dealkylation sites (tertiary alicyclic amines) is 1. The van der Waals surface area contributed by atoms with Crippen molar-refractivity contribution in [3.8, 4) is 22.5 Å². The predicted octanol–water partition coefficient (Wildman–Crippen LogP) is 6.38. The summed E-state index contributed by atoms with van der Waals surface area (Å²) in [7, 11) is 0. The number of ketones is 2. The van der Waals surface area contributed by atoms with Gasteiger partial charge in [-0.15, -0.1) is 16.9 Å². The molecule has 0 bridgehead atoms. The third kappa shape index (κ3) is 26.9. The number of anilines is 1. The number of carbonyl (C=O) groups excluding carboxylic acids is 11. The molecule has 0 spiro atoms. The van der Waals surface area contributed by atoms with Crippen molar-refractivity contribution in [1.82, 2.24) is 57.2 Å². The molecule has 1 aromatic heterocycles. The van der Waals surface area contributed by atoms with E-state index in [9.17, 15) is 52.7 Å². The summed E-state index contributed by atoms with van der Waals surface area (Å²) in [5.74, 6) is -1.12. The van der Waals surface area contributed by atoms with E-state index in [-0.39, 0.29) is 213 Å². The zero-order valence-corrected chi connectivity index (χ0v) is 63.0. The van der Waals surface area contributed by atoms with Crippen LogP contribution in [-0.4, -0.2) is 200 Å². The van der Waals surface area contributed by atoms with Gasteiger partial charge in [0.05, 0.1) is 75.1 Å². The maximum absolute atomic E-state index is 14.2. The van der Waals surface area contributed by atoms with Gasteiger partial charge in [0.15, 0.2) is 0 Å². The Labute approximate surface area is 629 Å². The van der Waals surface area contributed by atoms with Gasteiger partial charge < -0.3 is 60.5 Å². The summed E-state index contributed by atoms with van der Waals surface area (Å²) in [5, 5.41) is 29.9. The van der Waals surface area contributed by atoms with Crippen LogP contribution >= 0.6 is 11.8 Å². The fourth-order valence-corrected chi connectivity index (χ4v) is 14.0. The molecule has 4 aliphatic rings. The number of fused-ring (bicyclic) bond motifs is 6.